The molecule has 33 heavy (non-hydrogen) atoms. The predicted molar refractivity (Wildman–Crippen MR) is 129 cm³/mol. The van der Waals surface area contributed by atoms with Crippen molar-refractivity contribution in [3.63, 3.8) is 0 Å². The highest BCUT2D eigenvalue weighted by Gasteiger charge is 2.22. The first-order valence-corrected chi connectivity index (χ1v) is 11.1. The minimum absolute atomic E-state index is 0.261. The Morgan fingerprint density at radius 3 is 2.18 bits per heavy atom. The number of amides is 1. The number of nitrogens with one attached hydrogen (secondary N) is 1. The molecule has 170 valence electrons. The molecule has 0 atom stereocenters. The van der Waals surface area contributed by atoms with Gasteiger partial charge in [0.25, 0.3) is 5.91 Å². The van der Waals surface area contributed by atoms with E-state index in [1.807, 2.05) is 36.4 Å². The molecule has 0 radical (unpaired) electrons. The van der Waals surface area contributed by atoms with Gasteiger partial charge in [-0.2, -0.15) is 0 Å². The summed E-state index contributed by atoms with van der Waals surface area (Å²) in [6, 6.07) is 20.4. The van der Waals surface area contributed by atoms with E-state index >= 15 is 0 Å². The molecule has 0 aromatic heterocycles. The average molecular weight is 445 g/mol. The van der Waals surface area contributed by atoms with Gasteiger partial charge in [0.2, 0.25) is 0 Å². The van der Waals surface area contributed by atoms with Crippen LogP contribution >= 0.6 is 0 Å². The van der Waals surface area contributed by atoms with E-state index in [1.165, 1.54) is 20.0 Å². The highest BCUT2D eigenvalue weighted by Crippen LogP contribution is 2.30. The Balaban J connectivity index is 1.32. The van der Waals surface area contributed by atoms with Crippen LogP contribution in [0.1, 0.15) is 44.7 Å². The van der Waals surface area contributed by atoms with Crippen molar-refractivity contribution in [3.05, 3.63) is 89.0 Å². The minimum atomic E-state index is -0.335. The van der Waals surface area contributed by atoms with Crippen LogP contribution in [0.3, 0.4) is 0 Å². The van der Waals surface area contributed by atoms with E-state index in [4.69, 9.17) is 15.2 Å². The molecule has 1 aliphatic rings. The maximum Gasteiger partial charge on any atom is 0.337 e. The van der Waals surface area contributed by atoms with Gasteiger partial charge in [0.05, 0.1) is 24.8 Å². The fourth-order valence-electron chi connectivity index (χ4n) is 3.49. The zero-order valence-corrected chi connectivity index (χ0v) is 18.7. The molecular formula is C27H28N2O4. The zero-order chi connectivity index (χ0) is 23.2. The number of benzene rings is 3. The van der Waals surface area contributed by atoms with Crippen molar-refractivity contribution in [2.75, 3.05) is 24.8 Å². The van der Waals surface area contributed by atoms with Crippen molar-refractivity contribution in [2.24, 2.45) is 5.92 Å². The maximum atomic E-state index is 12.8. The van der Waals surface area contributed by atoms with Crippen LogP contribution in [0.25, 0.3) is 0 Å². The van der Waals surface area contributed by atoms with Crippen LogP contribution in [0.2, 0.25) is 0 Å². The molecule has 0 unspecified atom stereocenters. The first-order chi connectivity index (χ1) is 16.0. The summed E-state index contributed by atoms with van der Waals surface area (Å²) in [5.41, 5.74) is 10.4. The van der Waals surface area contributed by atoms with Crippen molar-refractivity contribution in [2.45, 2.75) is 25.7 Å². The Bertz CT molecular complexity index is 1120. The van der Waals surface area contributed by atoms with Crippen molar-refractivity contribution >= 4 is 23.3 Å². The molecule has 4 rings (SSSR count). The molecule has 1 aliphatic carbocycles. The maximum absolute atomic E-state index is 12.8. The third-order valence-electron chi connectivity index (χ3n) is 5.74. The third kappa shape index (κ3) is 6.13. The lowest BCUT2D eigenvalue weighted by Crippen LogP contribution is -2.14. The topological polar surface area (TPSA) is 90.6 Å². The molecule has 0 bridgehead atoms. The van der Waals surface area contributed by atoms with Crippen LogP contribution in [-0.4, -0.2) is 25.6 Å². The van der Waals surface area contributed by atoms with Crippen LogP contribution in [0, 0.1) is 5.92 Å². The monoisotopic (exact) mass is 444 g/mol. The lowest BCUT2D eigenvalue weighted by Gasteiger charge is -2.11. The number of ether oxygens (including phenoxy) is 2. The van der Waals surface area contributed by atoms with E-state index in [-0.39, 0.29) is 11.9 Å². The summed E-state index contributed by atoms with van der Waals surface area (Å²) in [7, 11) is 1.37. The van der Waals surface area contributed by atoms with Gasteiger partial charge in [-0.25, -0.2) is 4.79 Å². The molecule has 6 nitrogen and oxygen atoms in total. The van der Waals surface area contributed by atoms with Crippen LogP contribution < -0.4 is 15.8 Å². The molecule has 3 N–H and O–H groups in total. The Kier molecular flexibility index (Phi) is 6.93. The Labute approximate surface area is 193 Å². The fourth-order valence-corrected chi connectivity index (χ4v) is 3.49. The summed E-state index contributed by atoms with van der Waals surface area (Å²) in [6.45, 7) is 0.682. The lowest BCUT2D eigenvalue weighted by molar-refractivity contribution is 0.0600. The number of aryl methyl sites for hydroxylation is 2. The summed E-state index contributed by atoms with van der Waals surface area (Å²) in [5, 5.41) is 2.91. The number of nitrogen functional groups attached to an aromatic ring is 1. The van der Waals surface area contributed by atoms with E-state index in [0.717, 1.165) is 24.0 Å². The number of esters is 1. The largest absolute Gasteiger partial charge is 0.493 e. The van der Waals surface area contributed by atoms with Gasteiger partial charge in [0, 0.05) is 11.4 Å². The van der Waals surface area contributed by atoms with Crippen LogP contribution in [0.15, 0.2) is 66.7 Å². The van der Waals surface area contributed by atoms with E-state index in [2.05, 4.69) is 5.32 Å². The third-order valence-corrected chi connectivity index (χ3v) is 5.74. The van der Waals surface area contributed by atoms with E-state index in [1.54, 1.807) is 30.3 Å². The number of nitrogens with two attached hydrogens (primary N) is 1. The summed E-state index contributed by atoms with van der Waals surface area (Å²) in [5.74, 6) is 0.704. The zero-order valence-electron chi connectivity index (χ0n) is 18.7. The number of hydrogen-bond acceptors (Lipinski definition) is 5. The SMILES string of the molecule is COC(=O)c1ccc(CCc2ccc(NC(=O)c3cc(OCC4CC4)ccc3N)cc2)cc1. The number of anilines is 2. The summed E-state index contributed by atoms with van der Waals surface area (Å²) in [4.78, 5) is 24.3. The van der Waals surface area contributed by atoms with E-state index in [9.17, 15) is 9.59 Å². The standard InChI is InChI=1S/C27H28N2O4/c1-32-27(31)21-10-6-18(7-11-21)2-3-19-8-12-22(13-9-19)29-26(30)24-16-23(14-15-25(24)28)33-17-20-4-5-20/h6-16,20H,2-5,17,28H2,1H3,(H,29,30). The normalized spacial score (nSPS) is 12.8. The molecule has 3 aromatic rings. The Hall–Kier alpha value is -3.80. The van der Waals surface area contributed by atoms with E-state index < -0.39 is 0 Å². The number of rotatable bonds is 9. The summed E-state index contributed by atoms with van der Waals surface area (Å²) >= 11 is 0. The van der Waals surface area contributed by atoms with Crippen LogP contribution in [-0.2, 0) is 17.6 Å². The Morgan fingerprint density at radius 2 is 1.58 bits per heavy atom. The molecule has 6 heteroatoms. The number of carbonyl (C=O) groups excluding carboxylic acids is 2. The smallest absolute Gasteiger partial charge is 0.337 e. The minimum Gasteiger partial charge on any atom is -0.493 e. The molecule has 1 saturated carbocycles. The van der Waals surface area contributed by atoms with Crippen molar-refractivity contribution in [1.82, 2.24) is 0 Å². The van der Waals surface area contributed by atoms with Gasteiger partial charge in [-0.3, -0.25) is 4.79 Å². The van der Waals surface area contributed by atoms with Gasteiger partial charge in [0.15, 0.2) is 0 Å². The van der Waals surface area contributed by atoms with E-state index in [0.29, 0.717) is 40.8 Å². The first-order valence-electron chi connectivity index (χ1n) is 11.1. The first kappa shape index (κ1) is 22.4. The number of hydrogen-bond donors (Lipinski definition) is 2. The second kappa shape index (κ2) is 10.2. The lowest BCUT2D eigenvalue weighted by atomic mass is 10.0. The molecular weight excluding hydrogens is 416 g/mol. The predicted octanol–water partition coefficient (Wildman–Crippen LogP) is 4.88. The highest BCUT2D eigenvalue weighted by molar-refractivity contribution is 6.08. The van der Waals surface area contributed by atoms with Gasteiger partial charge in [-0.05, 0) is 85.2 Å². The average Bonchev–Trinajstić information content (AvgIpc) is 3.67. The van der Waals surface area contributed by atoms with Crippen molar-refractivity contribution in [1.29, 1.82) is 0 Å². The molecule has 0 heterocycles. The summed E-state index contributed by atoms with van der Waals surface area (Å²) in [6.07, 6.45) is 4.11. The van der Waals surface area contributed by atoms with Crippen molar-refractivity contribution < 1.29 is 19.1 Å². The number of carbonyl (C=O) groups is 2. The second-order valence-corrected chi connectivity index (χ2v) is 8.34. The fraction of sp³-hybridized carbons (Fsp3) is 0.259. The van der Waals surface area contributed by atoms with Gasteiger partial charge >= 0.3 is 5.97 Å². The Morgan fingerprint density at radius 1 is 0.939 bits per heavy atom. The highest BCUT2D eigenvalue weighted by atomic mass is 16.5. The van der Waals surface area contributed by atoms with Gasteiger partial charge < -0.3 is 20.5 Å². The van der Waals surface area contributed by atoms with Gasteiger partial charge in [-0.1, -0.05) is 24.3 Å². The van der Waals surface area contributed by atoms with Gasteiger partial charge in [-0.15, -0.1) is 0 Å². The quantitative estimate of drug-likeness (QED) is 0.363. The van der Waals surface area contributed by atoms with Crippen LogP contribution in [0.5, 0.6) is 5.75 Å². The van der Waals surface area contributed by atoms with Crippen LogP contribution in [0.4, 0.5) is 11.4 Å². The van der Waals surface area contributed by atoms with Crippen molar-refractivity contribution in [3.8, 4) is 5.75 Å². The number of methoxy groups -OCH3 is 1. The molecule has 1 amide bonds. The molecule has 1 fully saturated rings. The molecule has 3 aromatic carbocycles. The molecule has 0 spiro atoms. The molecule has 0 saturated heterocycles. The second-order valence-electron chi connectivity index (χ2n) is 8.34. The summed E-state index contributed by atoms with van der Waals surface area (Å²) < 4.78 is 10.5. The van der Waals surface area contributed by atoms with Gasteiger partial charge in [0.1, 0.15) is 5.75 Å². The molecule has 0 aliphatic heterocycles.